The average molecular weight is 171 g/mol. The van der Waals surface area contributed by atoms with Crippen LogP contribution in [0.2, 0.25) is 0 Å². The molecule has 2 heterocycles. The predicted octanol–water partition coefficient (Wildman–Crippen LogP) is 1.71. The number of aromatic nitrogens is 2. The highest BCUT2D eigenvalue weighted by Crippen LogP contribution is 2.11. The highest BCUT2D eigenvalue weighted by atomic mass is 15.0. The fraction of sp³-hybridized carbons (Fsp3) is 0.200. The van der Waals surface area contributed by atoms with Crippen molar-refractivity contribution in [1.82, 2.24) is 9.38 Å². The molecule has 3 heteroatoms. The molecular weight excluding hydrogens is 162 g/mol. The third-order valence-corrected chi connectivity index (χ3v) is 2.08. The zero-order valence-electron chi connectivity index (χ0n) is 7.36. The number of rotatable bonds is 1. The Bertz CT molecular complexity index is 476. The molecule has 2 aromatic heterocycles. The third kappa shape index (κ3) is 1.17. The summed E-state index contributed by atoms with van der Waals surface area (Å²) in [5.41, 5.74) is 2.83. The maximum absolute atomic E-state index is 8.63. The van der Waals surface area contributed by atoms with Crippen LogP contribution in [-0.2, 0) is 6.42 Å². The molecular formula is C10H9N3. The van der Waals surface area contributed by atoms with E-state index >= 15 is 0 Å². The van der Waals surface area contributed by atoms with Gasteiger partial charge in [0, 0.05) is 6.20 Å². The first kappa shape index (κ1) is 7.81. The first-order valence-corrected chi connectivity index (χ1v) is 4.12. The topological polar surface area (TPSA) is 41.1 Å². The molecule has 0 saturated heterocycles. The van der Waals surface area contributed by atoms with Gasteiger partial charge in [0.1, 0.15) is 5.65 Å². The van der Waals surface area contributed by atoms with Crippen molar-refractivity contribution in [3.8, 4) is 6.07 Å². The molecule has 0 radical (unpaired) electrons. The largest absolute Gasteiger partial charge is 0.303 e. The smallest absolute Gasteiger partial charge is 0.137 e. The molecule has 0 fully saturated rings. The molecule has 0 aliphatic heterocycles. The maximum Gasteiger partial charge on any atom is 0.137 e. The zero-order valence-corrected chi connectivity index (χ0v) is 7.36. The van der Waals surface area contributed by atoms with Gasteiger partial charge in [-0.3, -0.25) is 0 Å². The van der Waals surface area contributed by atoms with Crippen LogP contribution < -0.4 is 0 Å². The van der Waals surface area contributed by atoms with Crippen molar-refractivity contribution in [3.63, 3.8) is 0 Å². The van der Waals surface area contributed by atoms with Gasteiger partial charge in [0.15, 0.2) is 0 Å². The van der Waals surface area contributed by atoms with E-state index in [0.717, 1.165) is 17.0 Å². The molecule has 0 amide bonds. The molecule has 0 spiro atoms. The molecule has 3 nitrogen and oxygen atoms in total. The molecule has 0 aliphatic carbocycles. The normalized spacial score (nSPS) is 10.2. The minimum Gasteiger partial charge on any atom is -0.303 e. The summed E-state index contributed by atoms with van der Waals surface area (Å²) in [6.07, 6.45) is 2.35. The molecule has 0 aliphatic rings. The van der Waals surface area contributed by atoms with E-state index in [4.69, 9.17) is 5.26 Å². The van der Waals surface area contributed by atoms with Crippen LogP contribution >= 0.6 is 0 Å². The molecule has 0 bridgehead atoms. The molecule has 0 aromatic carbocycles. The van der Waals surface area contributed by atoms with E-state index in [0.29, 0.717) is 6.42 Å². The fourth-order valence-corrected chi connectivity index (χ4v) is 1.45. The van der Waals surface area contributed by atoms with Gasteiger partial charge in [-0.25, -0.2) is 4.98 Å². The number of imidazole rings is 1. The van der Waals surface area contributed by atoms with Gasteiger partial charge in [0.05, 0.1) is 23.9 Å². The number of hydrogen-bond acceptors (Lipinski definition) is 2. The Morgan fingerprint density at radius 2 is 2.38 bits per heavy atom. The molecule has 64 valence electrons. The highest BCUT2D eigenvalue weighted by Gasteiger charge is 2.06. The van der Waals surface area contributed by atoms with E-state index in [1.54, 1.807) is 0 Å². The van der Waals surface area contributed by atoms with Crippen LogP contribution in [0, 0.1) is 18.3 Å². The van der Waals surface area contributed by atoms with Crippen LogP contribution in [0.4, 0.5) is 0 Å². The summed E-state index contributed by atoms with van der Waals surface area (Å²) >= 11 is 0. The van der Waals surface area contributed by atoms with Crippen molar-refractivity contribution in [2.24, 2.45) is 0 Å². The number of nitriles is 1. The Labute approximate surface area is 76.3 Å². The first-order chi connectivity index (χ1) is 6.33. The van der Waals surface area contributed by atoms with Crippen molar-refractivity contribution in [3.05, 3.63) is 35.8 Å². The Morgan fingerprint density at radius 1 is 1.54 bits per heavy atom. The summed E-state index contributed by atoms with van der Waals surface area (Å²) in [5, 5.41) is 8.63. The van der Waals surface area contributed by atoms with Gasteiger partial charge in [-0.05, 0) is 19.1 Å². The number of aryl methyl sites for hydroxylation is 1. The number of nitrogens with zero attached hydrogens (tertiary/aromatic N) is 3. The zero-order chi connectivity index (χ0) is 9.26. The minimum atomic E-state index is 0.414. The van der Waals surface area contributed by atoms with Gasteiger partial charge in [-0.2, -0.15) is 5.26 Å². The van der Waals surface area contributed by atoms with Crippen molar-refractivity contribution >= 4 is 5.65 Å². The Hall–Kier alpha value is -1.82. The average Bonchev–Trinajstić information content (AvgIpc) is 2.44. The maximum atomic E-state index is 8.63. The summed E-state index contributed by atoms with van der Waals surface area (Å²) in [6.45, 7) is 1.93. The summed E-state index contributed by atoms with van der Waals surface area (Å²) in [5.74, 6) is 0. The molecule has 0 saturated carbocycles. The lowest BCUT2D eigenvalue weighted by Gasteiger charge is -1.95. The number of hydrogen-bond donors (Lipinski definition) is 0. The van der Waals surface area contributed by atoms with Gasteiger partial charge in [-0.1, -0.05) is 6.07 Å². The number of fused-ring (bicyclic) bond motifs is 1. The van der Waals surface area contributed by atoms with E-state index < -0.39 is 0 Å². The summed E-state index contributed by atoms with van der Waals surface area (Å²) in [4.78, 5) is 4.34. The molecule has 2 aromatic rings. The molecule has 2 rings (SSSR count). The number of pyridine rings is 1. The predicted molar refractivity (Wildman–Crippen MR) is 49.2 cm³/mol. The Kier molecular flexibility index (Phi) is 1.75. The minimum absolute atomic E-state index is 0.414. The SMILES string of the molecule is Cc1nc2ccccn2c1CC#N. The molecule has 0 unspecified atom stereocenters. The lowest BCUT2D eigenvalue weighted by atomic mass is 10.3. The summed E-state index contributed by atoms with van der Waals surface area (Å²) < 4.78 is 1.96. The summed E-state index contributed by atoms with van der Waals surface area (Å²) in [6, 6.07) is 7.96. The summed E-state index contributed by atoms with van der Waals surface area (Å²) in [7, 11) is 0. The van der Waals surface area contributed by atoms with Gasteiger partial charge in [0.2, 0.25) is 0 Å². The second-order valence-corrected chi connectivity index (χ2v) is 2.91. The van der Waals surface area contributed by atoms with Crippen molar-refractivity contribution < 1.29 is 0 Å². The monoisotopic (exact) mass is 171 g/mol. The van der Waals surface area contributed by atoms with E-state index in [1.807, 2.05) is 35.7 Å². The van der Waals surface area contributed by atoms with E-state index in [2.05, 4.69) is 11.1 Å². The van der Waals surface area contributed by atoms with Crippen LogP contribution in [0.15, 0.2) is 24.4 Å². The third-order valence-electron chi connectivity index (χ3n) is 2.08. The van der Waals surface area contributed by atoms with E-state index in [9.17, 15) is 0 Å². The Balaban J connectivity index is 2.73. The van der Waals surface area contributed by atoms with E-state index in [-0.39, 0.29) is 0 Å². The van der Waals surface area contributed by atoms with Crippen LogP contribution in [0.3, 0.4) is 0 Å². The van der Waals surface area contributed by atoms with Crippen LogP contribution in [0.25, 0.3) is 5.65 Å². The molecule has 0 atom stereocenters. The second kappa shape index (κ2) is 2.91. The lowest BCUT2D eigenvalue weighted by molar-refractivity contribution is 1.04. The molecule has 13 heavy (non-hydrogen) atoms. The van der Waals surface area contributed by atoms with Crippen LogP contribution in [0.5, 0.6) is 0 Å². The second-order valence-electron chi connectivity index (χ2n) is 2.91. The van der Waals surface area contributed by atoms with Gasteiger partial charge >= 0.3 is 0 Å². The van der Waals surface area contributed by atoms with E-state index in [1.165, 1.54) is 0 Å². The van der Waals surface area contributed by atoms with Gasteiger partial charge < -0.3 is 4.40 Å². The van der Waals surface area contributed by atoms with Gasteiger partial charge in [0.25, 0.3) is 0 Å². The quantitative estimate of drug-likeness (QED) is 0.655. The first-order valence-electron chi connectivity index (χ1n) is 4.12. The van der Waals surface area contributed by atoms with Crippen molar-refractivity contribution in [2.75, 3.05) is 0 Å². The van der Waals surface area contributed by atoms with Crippen LogP contribution in [-0.4, -0.2) is 9.38 Å². The highest BCUT2D eigenvalue weighted by molar-refractivity contribution is 5.43. The van der Waals surface area contributed by atoms with Crippen molar-refractivity contribution in [1.29, 1.82) is 5.26 Å². The lowest BCUT2D eigenvalue weighted by Crippen LogP contribution is -1.91. The fourth-order valence-electron chi connectivity index (χ4n) is 1.45. The van der Waals surface area contributed by atoms with Crippen molar-refractivity contribution in [2.45, 2.75) is 13.3 Å². The standard InChI is InChI=1S/C10H9N3/c1-8-9(5-6-11)13-7-3-2-4-10(13)12-8/h2-4,7H,5H2,1H3. The molecule has 0 N–H and O–H groups in total. The van der Waals surface area contributed by atoms with Gasteiger partial charge in [-0.15, -0.1) is 0 Å². The Morgan fingerprint density at radius 3 is 3.15 bits per heavy atom. The van der Waals surface area contributed by atoms with Crippen LogP contribution in [0.1, 0.15) is 11.4 Å².